The van der Waals surface area contributed by atoms with E-state index < -0.39 is 5.82 Å². The Labute approximate surface area is 192 Å². The zero-order chi connectivity index (χ0) is 23.5. The van der Waals surface area contributed by atoms with E-state index >= 15 is 0 Å². The quantitative estimate of drug-likeness (QED) is 0.565. The number of aliphatic hydroxyl groups excluding tert-OH is 1. The topological polar surface area (TPSA) is 62.7 Å². The molecule has 0 bridgehead atoms. The van der Waals surface area contributed by atoms with Crippen LogP contribution in [0.2, 0.25) is 0 Å². The first-order chi connectivity index (χ1) is 16.0. The lowest BCUT2D eigenvalue weighted by atomic mass is 9.94. The highest BCUT2D eigenvalue weighted by Crippen LogP contribution is 2.33. The van der Waals surface area contributed by atoms with Gasteiger partial charge in [0.2, 0.25) is 11.6 Å². The second kappa shape index (κ2) is 9.55. The van der Waals surface area contributed by atoms with Gasteiger partial charge < -0.3 is 10.0 Å². The maximum absolute atomic E-state index is 14.5. The molecule has 0 unspecified atom stereocenters. The summed E-state index contributed by atoms with van der Waals surface area (Å²) in [6.45, 7) is 10.9. The van der Waals surface area contributed by atoms with Crippen LogP contribution in [0.15, 0.2) is 47.3 Å². The Balaban J connectivity index is 1.90. The summed E-state index contributed by atoms with van der Waals surface area (Å²) in [5.74, 6) is 0.601. The summed E-state index contributed by atoms with van der Waals surface area (Å²) in [6.07, 6.45) is 3.22. The second-order valence-corrected chi connectivity index (χ2v) is 8.47. The lowest BCUT2D eigenvalue weighted by molar-refractivity contribution is 0.282. The van der Waals surface area contributed by atoms with Crippen LogP contribution < -0.4 is 10.5 Å². The number of piperidine rings is 1. The fraction of sp³-hybridized carbons (Fsp3) is 0.346. The van der Waals surface area contributed by atoms with Gasteiger partial charge in [-0.25, -0.2) is 14.2 Å². The van der Waals surface area contributed by atoms with Crippen LogP contribution in [0.3, 0.4) is 0 Å². The van der Waals surface area contributed by atoms with E-state index in [1.807, 2.05) is 0 Å². The van der Waals surface area contributed by atoms with Gasteiger partial charge in [0.15, 0.2) is 0 Å². The maximum atomic E-state index is 14.5. The molecule has 6 nitrogen and oxygen atoms in total. The predicted octanol–water partition coefficient (Wildman–Crippen LogP) is 4.92. The molecule has 1 aliphatic heterocycles. The van der Waals surface area contributed by atoms with Gasteiger partial charge in [-0.1, -0.05) is 49.7 Å². The van der Waals surface area contributed by atoms with Gasteiger partial charge >= 0.3 is 0 Å². The molecule has 2 aromatic carbocycles. The van der Waals surface area contributed by atoms with E-state index in [9.17, 15) is 14.3 Å². The van der Waals surface area contributed by atoms with Crippen molar-refractivity contribution < 1.29 is 9.50 Å². The van der Waals surface area contributed by atoms with Crippen LogP contribution in [-0.2, 0) is 13.7 Å². The van der Waals surface area contributed by atoms with E-state index in [1.54, 1.807) is 41.9 Å². The molecule has 3 aromatic rings. The summed E-state index contributed by atoms with van der Waals surface area (Å²) in [5.41, 5.74) is 2.28. The zero-order valence-corrected chi connectivity index (χ0v) is 18.9. The van der Waals surface area contributed by atoms with Crippen LogP contribution in [0.5, 0.6) is 0 Å². The van der Waals surface area contributed by atoms with Crippen molar-refractivity contribution in [2.24, 2.45) is 13.0 Å². The van der Waals surface area contributed by atoms with Gasteiger partial charge in [0.1, 0.15) is 5.82 Å². The minimum Gasteiger partial charge on any atom is -0.392 e. The van der Waals surface area contributed by atoms with E-state index in [4.69, 9.17) is 11.6 Å². The van der Waals surface area contributed by atoms with E-state index in [2.05, 4.69) is 16.7 Å². The highest BCUT2D eigenvalue weighted by atomic mass is 19.1. The molecule has 0 amide bonds. The monoisotopic (exact) mass is 446 g/mol. The maximum Gasteiger partial charge on any atom is 0.263 e. The Morgan fingerprint density at radius 2 is 1.82 bits per heavy atom. The van der Waals surface area contributed by atoms with Gasteiger partial charge in [0.25, 0.3) is 5.56 Å². The van der Waals surface area contributed by atoms with Gasteiger partial charge in [-0.2, -0.15) is 0 Å². The molecular formula is C26H27FN4O2. The fourth-order valence-electron chi connectivity index (χ4n) is 4.41. The molecule has 0 atom stereocenters. The Hall–Kier alpha value is -3.50. The normalized spacial score (nSPS) is 14.3. The first-order valence-corrected chi connectivity index (χ1v) is 11.2. The van der Waals surface area contributed by atoms with Crippen molar-refractivity contribution in [2.45, 2.75) is 32.8 Å². The molecule has 4 rings (SSSR count). The molecule has 0 aliphatic carbocycles. The van der Waals surface area contributed by atoms with Gasteiger partial charge in [-0.3, -0.25) is 9.36 Å². The van der Waals surface area contributed by atoms with Gasteiger partial charge in [-0.05, 0) is 36.0 Å². The third-order valence-electron chi connectivity index (χ3n) is 6.51. The highest BCUT2D eigenvalue weighted by Gasteiger charge is 2.25. The lowest BCUT2D eigenvalue weighted by Crippen LogP contribution is -2.38. The van der Waals surface area contributed by atoms with Crippen LogP contribution in [0, 0.1) is 18.3 Å². The molecule has 1 fully saturated rings. The fourth-order valence-corrected chi connectivity index (χ4v) is 4.41. The number of nitrogens with zero attached hydrogens (tertiary/aromatic N) is 4. The summed E-state index contributed by atoms with van der Waals surface area (Å²) >= 11 is 0. The Morgan fingerprint density at radius 3 is 2.39 bits per heavy atom. The molecule has 1 saturated heterocycles. The summed E-state index contributed by atoms with van der Waals surface area (Å²) in [4.78, 5) is 23.8. The Morgan fingerprint density at radius 1 is 1.15 bits per heavy atom. The van der Waals surface area contributed by atoms with E-state index in [1.165, 1.54) is 12.1 Å². The number of halogens is 1. The molecule has 1 aromatic heterocycles. The van der Waals surface area contributed by atoms with Crippen molar-refractivity contribution in [3.8, 4) is 22.4 Å². The van der Waals surface area contributed by atoms with Crippen molar-refractivity contribution in [3.63, 3.8) is 0 Å². The number of anilines is 1. The van der Waals surface area contributed by atoms with Crippen molar-refractivity contribution in [1.29, 1.82) is 0 Å². The van der Waals surface area contributed by atoms with E-state index in [0.717, 1.165) is 37.9 Å². The Kier molecular flexibility index (Phi) is 6.57. The first kappa shape index (κ1) is 22.7. The second-order valence-electron chi connectivity index (χ2n) is 8.47. The van der Waals surface area contributed by atoms with Crippen LogP contribution in [0.1, 0.15) is 31.7 Å². The number of rotatable bonds is 5. The summed E-state index contributed by atoms with van der Waals surface area (Å²) < 4.78 is 16.1. The average molecular weight is 447 g/mol. The summed E-state index contributed by atoms with van der Waals surface area (Å²) in [7, 11) is 1.72. The molecule has 33 heavy (non-hydrogen) atoms. The van der Waals surface area contributed by atoms with Gasteiger partial charge in [0, 0.05) is 25.7 Å². The summed E-state index contributed by atoms with van der Waals surface area (Å²) in [5, 5.41) is 9.38. The highest BCUT2D eigenvalue weighted by molar-refractivity contribution is 5.81. The molecule has 0 spiro atoms. The smallest absolute Gasteiger partial charge is 0.263 e. The number of hydrogen-bond acceptors (Lipinski definition) is 4. The van der Waals surface area contributed by atoms with Crippen molar-refractivity contribution in [2.75, 3.05) is 18.0 Å². The van der Waals surface area contributed by atoms with Gasteiger partial charge in [-0.15, -0.1) is 0 Å². The molecule has 0 radical (unpaired) electrons. The molecule has 1 aliphatic rings. The van der Waals surface area contributed by atoms with Crippen LogP contribution >= 0.6 is 0 Å². The number of hydrogen-bond donors (Lipinski definition) is 1. The first-order valence-electron chi connectivity index (χ1n) is 11.2. The minimum absolute atomic E-state index is 0.0710. The molecule has 1 N–H and O–H groups in total. The molecule has 170 valence electrons. The third-order valence-corrected chi connectivity index (χ3v) is 6.51. The molecule has 7 heteroatoms. The minimum atomic E-state index is -0.642. The van der Waals surface area contributed by atoms with Gasteiger partial charge in [0.05, 0.1) is 24.4 Å². The van der Waals surface area contributed by atoms with Crippen molar-refractivity contribution in [3.05, 3.63) is 75.6 Å². The Bertz CT molecular complexity index is 1250. The average Bonchev–Trinajstić information content (AvgIpc) is 2.85. The van der Waals surface area contributed by atoms with Crippen molar-refractivity contribution in [1.82, 2.24) is 9.55 Å². The van der Waals surface area contributed by atoms with Crippen molar-refractivity contribution >= 4 is 11.6 Å². The predicted molar refractivity (Wildman–Crippen MR) is 128 cm³/mol. The largest absolute Gasteiger partial charge is 0.392 e. The summed E-state index contributed by atoms with van der Waals surface area (Å²) in [6, 6.07) is 11.4. The van der Waals surface area contributed by atoms with Crippen LogP contribution in [-0.4, -0.2) is 27.7 Å². The third kappa shape index (κ3) is 4.39. The number of benzene rings is 2. The lowest BCUT2D eigenvalue weighted by Gasteiger charge is -2.33. The van der Waals surface area contributed by atoms with E-state index in [-0.39, 0.29) is 17.9 Å². The van der Waals surface area contributed by atoms with Crippen LogP contribution in [0.4, 0.5) is 16.0 Å². The number of aromatic nitrogens is 2. The molecule has 0 saturated carbocycles. The van der Waals surface area contributed by atoms with E-state index in [0.29, 0.717) is 34.3 Å². The number of aliphatic hydroxyl groups is 1. The molecule has 2 heterocycles. The van der Waals surface area contributed by atoms with Crippen LogP contribution in [0.25, 0.3) is 27.2 Å². The zero-order valence-electron chi connectivity index (χ0n) is 18.9. The SMILES string of the molecule is [C-]#[N+]c1ccc(-c2nc(N3CCC(CC)CC3)n(C)c(=O)c2-c2ccc(CO)cc2)cc1F. The molecular weight excluding hydrogens is 419 g/mol. The standard InChI is InChI=1S/C26H27FN4O2/c1-4-17-11-13-31(14-12-17)26-29-24(20-9-10-22(28-2)21(27)15-20)23(25(33)30(26)3)19-7-5-18(16-32)6-8-19/h5-10,15,17,32H,4,11-14,16H2,1,3H3.